The maximum Gasteiger partial charge on any atom is 0.255 e. The van der Waals surface area contributed by atoms with E-state index in [1.165, 1.54) is 54.6 Å². The van der Waals surface area contributed by atoms with E-state index in [2.05, 4.69) is 63.7 Å². The number of benzene rings is 4. The van der Waals surface area contributed by atoms with E-state index < -0.39 is 17.7 Å². The van der Waals surface area contributed by atoms with Crippen LogP contribution in [0, 0.1) is 0 Å². The minimum atomic E-state index is -0.706. The van der Waals surface area contributed by atoms with E-state index in [4.69, 9.17) is 0 Å². The SMILES string of the molecule is O=C(Nc1cc(Br)ccc1O)c1cc(C(=O)Nc2cc(Br)ccc2O)cc(C(=O)Nc2cc(Br)ccc2O)c1. The molecule has 0 aliphatic carbocycles. The van der Waals surface area contributed by atoms with E-state index in [1.807, 2.05) is 0 Å². The fourth-order valence-corrected chi connectivity index (χ4v) is 4.51. The smallest absolute Gasteiger partial charge is 0.255 e. The normalized spacial score (nSPS) is 10.5. The molecule has 0 spiro atoms. The van der Waals surface area contributed by atoms with E-state index in [-0.39, 0.29) is 51.0 Å². The zero-order chi connectivity index (χ0) is 28.3. The van der Waals surface area contributed by atoms with Crippen LogP contribution >= 0.6 is 47.8 Å². The summed E-state index contributed by atoms with van der Waals surface area (Å²) in [5.41, 5.74) is 0.118. The average molecular weight is 720 g/mol. The number of halogens is 3. The van der Waals surface area contributed by atoms with Gasteiger partial charge < -0.3 is 31.3 Å². The fourth-order valence-electron chi connectivity index (χ4n) is 3.43. The number of phenols is 3. The molecule has 0 heterocycles. The van der Waals surface area contributed by atoms with Gasteiger partial charge in [0.15, 0.2) is 0 Å². The molecule has 6 N–H and O–H groups in total. The number of nitrogens with one attached hydrogen (secondary N) is 3. The number of aromatic hydroxyl groups is 3. The molecule has 0 bridgehead atoms. The van der Waals surface area contributed by atoms with Gasteiger partial charge in [0.05, 0.1) is 17.1 Å². The van der Waals surface area contributed by atoms with Crippen molar-refractivity contribution in [2.45, 2.75) is 0 Å². The first-order chi connectivity index (χ1) is 18.5. The number of amides is 3. The average Bonchev–Trinajstić information content (AvgIpc) is 2.90. The summed E-state index contributed by atoms with van der Waals surface area (Å²) in [6, 6.07) is 17.2. The van der Waals surface area contributed by atoms with Crippen LogP contribution in [0.25, 0.3) is 0 Å². The van der Waals surface area contributed by atoms with Gasteiger partial charge in [0.25, 0.3) is 17.7 Å². The molecule has 0 saturated heterocycles. The van der Waals surface area contributed by atoms with E-state index >= 15 is 0 Å². The molecule has 0 fully saturated rings. The van der Waals surface area contributed by atoms with Gasteiger partial charge in [-0.05, 0) is 72.8 Å². The zero-order valence-corrected chi connectivity index (χ0v) is 24.4. The van der Waals surface area contributed by atoms with Gasteiger partial charge in [-0.25, -0.2) is 0 Å². The Kier molecular flexibility index (Phi) is 8.58. The van der Waals surface area contributed by atoms with Crippen LogP contribution < -0.4 is 16.0 Å². The first-order valence-corrected chi connectivity index (χ1v) is 13.4. The van der Waals surface area contributed by atoms with E-state index in [0.29, 0.717) is 13.4 Å². The number of phenolic OH excluding ortho intramolecular Hbond substituents is 3. The molecule has 12 heteroatoms. The molecular formula is C27H18Br3N3O6. The summed E-state index contributed by atoms with van der Waals surface area (Å²) >= 11 is 9.82. The van der Waals surface area contributed by atoms with Crippen LogP contribution in [0.15, 0.2) is 86.2 Å². The quantitative estimate of drug-likeness (QED) is 0.120. The summed E-state index contributed by atoms with van der Waals surface area (Å²) < 4.78 is 1.81. The van der Waals surface area contributed by atoms with Gasteiger partial charge in [0.2, 0.25) is 0 Å². The topological polar surface area (TPSA) is 148 Å². The molecule has 39 heavy (non-hydrogen) atoms. The lowest BCUT2D eigenvalue weighted by Crippen LogP contribution is -2.19. The van der Waals surface area contributed by atoms with Gasteiger partial charge in [-0.1, -0.05) is 47.8 Å². The second kappa shape index (κ2) is 11.9. The Morgan fingerprint density at radius 1 is 0.462 bits per heavy atom. The number of carbonyl (C=O) groups excluding carboxylic acids is 3. The molecule has 0 aliphatic heterocycles. The second-order valence-electron chi connectivity index (χ2n) is 8.15. The van der Waals surface area contributed by atoms with Crippen molar-refractivity contribution >= 4 is 82.6 Å². The first kappa shape index (κ1) is 28.1. The molecule has 0 radical (unpaired) electrons. The first-order valence-electron chi connectivity index (χ1n) is 11.0. The van der Waals surface area contributed by atoms with Gasteiger partial charge in [0, 0.05) is 30.1 Å². The van der Waals surface area contributed by atoms with Crippen LogP contribution in [0.5, 0.6) is 17.2 Å². The van der Waals surface area contributed by atoms with Gasteiger partial charge in [-0.3, -0.25) is 14.4 Å². The molecule has 198 valence electrons. The second-order valence-corrected chi connectivity index (χ2v) is 10.9. The monoisotopic (exact) mass is 717 g/mol. The zero-order valence-electron chi connectivity index (χ0n) is 19.6. The summed E-state index contributed by atoms with van der Waals surface area (Å²) in [6.07, 6.45) is 0. The fraction of sp³-hybridized carbons (Fsp3) is 0. The molecule has 3 amide bonds. The van der Waals surface area contributed by atoms with Crippen molar-refractivity contribution in [1.82, 2.24) is 0 Å². The highest BCUT2D eigenvalue weighted by molar-refractivity contribution is 9.11. The molecule has 0 aromatic heterocycles. The largest absolute Gasteiger partial charge is 0.506 e. The molecule has 4 aromatic rings. The number of carbonyl (C=O) groups is 3. The van der Waals surface area contributed by atoms with Gasteiger partial charge in [0.1, 0.15) is 17.2 Å². The molecule has 4 rings (SSSR count). The van der Waals surface area contributed by atoms with E-state index in [0.717, 1.165) is 0 Å². The van der Waals surface area contributed by atoms with Crippen LogP contribution in [0.1, 0.15) is 31.1 Å². The van der Waals surface area contributed by atoms with Crippen molar-refractivity contribution in [2.24, 2.45) is 0 Å². The number of hydrogen-bond acceptors (Lipinski definition) is 6. The Morgan fingerprint density at radius 3 is 0.974 bits per heavy atom. The minimum absolute atomic E-state index is 0.0656. The summed E-state index contributed by atoms with van der Waals surface area (Å²) in [6.45, 7) is 0. The summed E-state index contributed by atoms with van der Waals surface area (Å²) in [4.78, 5) is 39.4. The molecule has 0 aliphatic rings. The number of hydrogen-bond donors (Lipinski definition) is 6. The highest BCUT2D eigenvalue weighted by Crippen LogP contribution is 2.30. The van der Waals surface area contributed by atoms with Crippen molar-refractivity contribution < 1.29 is 29.7 Å². The van der Waals surface area contributed by atoms with Crippen LogP contribution in [-0.2, 0) is 0 Å². The molecule has 0 saturated carbocycles. The highest BCUT2D eigenvalue weighted by atomic mass is 79.9. The Labute approximate surface area is 247 Å². The Bertz CT molecular complexity index is 1430. The lowest BCUT2D eigenvalue weighted by atomic mass is 10.0. The standard InChI is InChI=1S/C27H18Br3N3O6/c28-16-1-4-22(34)19(10-16)31-25(37)13-7-14(26(38)32-20-11-17(29)2-5-23(20)35)9-15(8-13)27(39)33-21-12-18(30)3-6-24(21)36/h1-12,34-36H,(H,31,37)(H,32,38)(H,33,39). The van der Waals surface area contributed by atoms with Crippen molar-refractivity contribution in [1.29, 1.82) is 0 Å². The lowest BCUT2D eigenvalue weighted by Gasteiger charge is -2.13. The molecule has 0 atom stereocenters. The van der Waals surface area contributed by atoms with Gasteiger partial charge >= 0.3 is 0 Å². The Morgan fingerprint density at radius 2 is 0.718 bits per heavy atom. The molecule has 4 aromatic carbocycles. The summed E-state index contributed by atoms with van der Waals surface area (Å²) in [5, 5.41) is 38.0. The van der Waals surface area contributed by atoms with Crippen molar-refractivity contribution in [3.63, 3.8) is 0 Å². The van der Waals surface area contributed by atoms with Crippen molar-refractivity contribution in [3.8, 4) is 17.2 Å². The van der Waals surface area contributed by atoms with Gasteiger partial charge in [-0.2, -0.15) is 0 Å². The maximum atomic E-state index is 13.1. The predicted octanol–water partition coefficient (Wildman–Crippen LogP) is 6.85. The van der Waals surface area contributed by atoms with Crippen LogP contribution in [0.2, 0.25) is 0 Å². The molecule has 9 nitrogen and oxygen atoms in total. The van der Waals surface area contributed by atoms with Crippen molar-refractivity contribution in [2.75, 3.05) is 16.0 Å². The molecular weight excluding hydrogens is 702 g/mol. The van der Waals surface area contributed by atoms with Crippen LogP contribution in [0.3, 0.4) is 0 Å². The lowest BCUT2D eigenvalue weighted by molar-refractivity contribution is 0.102. The summed E-state index contributed by atoms with van der Waals surface area (Å²) in [7, 11) is 0. The third kappa shape index (κ3) is 6.96. The van der Waals surface area contributed by atoms with E-state index in [1.54, 1.807) is 18.2 Å². The predicted molar refractivity (Wildman–Crippen MR) is 158 cm³/mol. The Balaban J connectivity index is 1.71. The van der Waals surface area contributed by atoms with E-state index in [9.17, 15) is 29.7 Å². The minimum Gasteiger partial charge on any atom is -0.506 e. The van der Waals surface area contributed by atoms with Gasteiger partial charge in [-0.15, -0.1) is 0 Å². The van der Waals surface area contributed by atoms with Crippen molar-refractivity contribution in [3.05, 3.63) is 103 Å². The third-order valence-corrected chi connectivity index (χ3v) is 6.82. The maximum absolute atomic E-state index is 13.1. The van der Waals surface area contributed by atoms with Crippen LogP contribution in [0.4, 0.5) is 17.1 Å². The number of anilines is 3. The highest BCUT2D eigenvalue weighted by Gasteiger charge is 2.19. The van der Waals surface area contributed by atoms with Crippen LogP contribution in [-0.4, -0.2) is 33.0 Å². The third-order valence-electron chi connectivity index (χ3n) is 5.34. The summed E-state index contributed by atoms with van der Waals surface area (Å²) in [5.74, 6) is -2.68. The Hall–Kier alpha value is -3.87. The number of rotatable bonds is 6. The molecule has 0 unspecified atom stereocenters.